The van der Waals surface area contributed by atoms with Crippen molar-refractivity contribution in [2.24, 2.45) is 10.9 Å². The molecule has 1 aliphatic rings. The first-order valence-corrected chi connectivity index (χ1v) is 6.38. The number of carbonyl (C=O) groups is 1. The van der Waals surface area contributed by atoms with Crippen LogP contribution in [0.1, 0.15) is 17.5 Å². The topological polar surface area (TPSA) is 64.7 Å². The second-order valence-corrected chi connectivity index (χ2v) is 4.73. The number of nitrogens with two attached hydrogens (primary N) is 1. The van der Waals surface area contributed by atoms with Gasteiger partial charge in [0.05, 0.1) is 6.42 Å². The average Bonchev–Trinajstić information content (AvgIpc) is 2.96. The molecule has 0 saturated heterocycles. The molecule has 0 atom stereocenters. The fourth-order valence-corrected chi connectivity index (χ4v) is 2.46. The summed E-state index contributed by atoms with van der Waals surface area (Å²) in [7, 11) is 0. The minimum absolute atomic E-state index is 0.262. The number of oxime groups is 1. The molecule has 100 valence electrons. The smallest absolute Gasteiger partial charge is 0.266 e. The van der Waals surface area contributed by atoms with Gasteiger partial charge >= 0.3 is 0 Å². The molecule has 0 unspecified atom stereocenters. The van der Waals surface area contributed by atoms with Crippen molar-refractivity contribution in [2.45, 2.75) is 12.0 Å². The van der Waals surface area contributed by atoms with Gasteiger partial charge in [-0.25, -0.2) is 0 Å². The molecule has 0 fully saturated rings. The van der Waals surface area contributed by atoms with Gasteiger partial charge in [0, 0.05) is 11.1 Å². The van der Waals surface area contributed by atoms with Crippen LogP contribution < -0.4 is 5.73 Å². The second kappa shape index (κ2) is 4.81. The summed E-state index contributed by atoms with van der Waals surface area (Å²) < 4.78 is 0. The fraction of sp³-hybridized carbons (Fsp3) is 0.125. The Labute approximate surface area is 116 Å². The van der Waals surface area contributed by atoms with Gasteiger partial charge in [0.25, 0.3) is 5.91 Å². The number of primary amides is 1. The highest BCUT2D eigenvalue weighted by atomic mass is 16.7. The Bertz CT molecular complexity index is 611. The summed E-state index contributed by atoms with van der Waals surface area (Å²) in [5.74, 6) is -0.543. The Morgan fingerprint density at radius 2 is 1.50 bits per heavy atom. The van der Waals surface area contributed by atoms with E-state index in [2.05, 4.69) is 5.16 Å². The molecule has 2 N–H and O–H groups in total. The molecule has 1 aliphatic heterocycles. The molecule has 2 aromatic rings. The first kappa shape index (κ1) is 12.4. The molecule has 1 amide bonds. The van der Waals surface area contributed by atoms with Crippen molar-refractivity contribution >= 4 is 11.6 Å². The van der Waals surface area contributed by atoms with Crippen LogP contribution in [-0.2, 0) is 15.2 Å². The number of amides is 1. The number of carbonyl (C=O) groups excluding carboxylic acids is 1. The first-order chi connectivity index (χ1) is 9.72. The Morgan fingerprint density at radius 3 is 1.90 bits per heavy atom. The van der Waals surface area contributed by atoms with Gasteiger partial charge in [-0.05, 0) is 0 Å². The molecule has 4 nitrogen and oxygen atoms in total. The van der Waals surface area contributed by atoms with Crippen LogP contribution in [0.5, 0.6) is 0 Å². The Kier molecular flexibility index (Phi) is 2.99. The molecule has 1 heterocycles. The third-order valence-corrected chi connectivity index (χ3v) is 3.49. The Balaban J connectivity index is 2.09. The second-order valence-electron chi connectivity index (χ2n) is 4.73. The van der Waals surface area contributed by atoms with Crippen molar-refractivity contribution in [2.75, 3.05) is 0 Å². The van der Waals surface area contributed by atoms with Crippen LogP contribution in [0.3, 0.4) is 0 Å². The van der Waals surface area contributed by atoms with Crippen molar-refractivity contribution in [1.82, 2.24) is 0 Å². The van der Waals surface area contributed by atoms with E-state index in [1.165, 1.54) is 0 Å². The predicted octanol–water partition coefficient (Wildman–Crippen LogP) is 2.19. The van der Waals surface area contributed by atoms with Gasteiger partial charge in [0.2, 0.25) is 0 Å². The van der Waals surface area contributed by atoms with E-state index in [1.54, 1.807) is 0 Å². The van der Waals surface area contributed by atoms with E-state index < -0.39 is 11.5 Å². The zero-order valence-electron chi connectivity index (χ0n) is 10.8. The maximum absolute atomic E-state index is 11.4. The van der Waals surface area contributed by atoms with E-state index in [0.717, 1.165) is 11.1 Å². The molecule has 20 heavy (non-hydrogen) atoms. The van der Waals surface area contributed by atoms with Crippen molar-refractivity contribution < 1.29 is 9.63 Å². The standard InChI is InChI=1S/C16H14N2O2/c17-15(19)14-11-16(20-18-14,12-7-3-1-4-8-12)13-9-5-2-6-10-13/h1-10H,11H2,(H2,17,19). The lowest BCUT2D eigenvalue weighted by molar-refractivity contribution is -0.112. The lowest BCUT2D eigenvalue weighted by atomic mass is 9.82. The summed E-state index contributed by atoms with van der Waals surface area (Å²) in [5.41, 5.74) is 6.72. The van der Waals surface area contributed by atoms with Crippen LogP contribution in [-0.4, -0.2) is 11.6 Å². The molecule has 0 aromatic heterocycles. The average molecular weight is 266 g/mol. The fourth-order valence-electron chi connectivity index (χ4n) is 2.46. The van der Waals surface area contributed by atoms with Crippen LogP contribution in [0, 0.1) is 0 Å². The summed E-state index contributed by atoms with van der Waals surface area (Å²) in [5, 5.41) is 3.88. The highest BCUT2D eigenvalue weighted by molar-refractivity contribution is 6.38. The van der Waals surface area contributed by atoms with E-state index >= 15 is 0 Å². The van der Waals surface area contributed by atoms with E-state index in [0.29, 0.717) is 6.42 Å². The van der Waals surface area contributed by atoms with E-state index in [1.807, 2.05) is 60.7 Å². The molecule has 0 saturated carbocycles. The van der Waals surface area contributed by atoms with Gasteiger partial charge in [-0.15, -0.1) is 0 Å². The first-order valence-electron chi connectivity index (χ1n) is 6.38. The molecule has 0 radical (unpaired) electrons. The predicted molar refractivity (Wildman–Crippen MR) is 76.0 cm³/mol. The number of benzene rings is 2. The van der Waals surface area contributed by atoms with Gasteiger partial charge in [-0.3, -0.25) is 4.79 Å². The lowest BCUT2D eigenvalue weighted by Gasteiger charge is -2.27. The van der Waals surface area contributed by atoms with Crippen LogP contribution in [0.25, 0.3) is 0 Å². The number of rotatable bonds is 3. The molecular weight excluding hydrogens is 252 g/mol. The number of nitrogens with zero attached hydrogens (tertiary/aromatic N) is 1. The molecule has 3 rings (SSSR count). The maximum atomic E-state index is 11.4. The maximum Gasteiger partial charge on any atom is 0.266 e. The summed E-state index contributed by atoms with van der Waals surface area (Å²) in [6.45, 7) is 0. The molecule has 0 spiro atoms. The largest absolute Gasteiger partial charge is 0.379 e. The SMILES string of the molecule is NC(=O)C1=NOC(c2ccccc2)(c2ccccc2)C1. The van der Waals surface area contributed by atoms with Gasteiger partial charge in [-0.2, -0.15) is 0 Å². The van der Waals surface area contributed by atoms with Gasteiger partial charge < -0.3 is 10.6 Å². The van der Waals surface area contributed by atoms with Crippen LogP contribution in [0.2, 0.25) is 0 Å². The van der Waals surface area contributed by atoms with Crippen LogP contribution in [0.15, 0.2) is 65.8 Å². The quantitative estimate of drug-likeness (QED) is 0.925. The van der Waals surface area contributed by atoms with E-state index in [-0.39, 0.29) is 5.71 Å². The number of hydrogen-bond acceptors (Lipinski definition) is 3. The van der Waals surface area contributed by atoms with Crippen LogP contribution in [0.4, 0.5) is 0 Å². The van der Waals surface area contributed by atoms with Crippen molar-refractivity contribution in [3.63, 3.8) is 0 Å². The van der Waals surface area contributed by atoms with Crippen molar-refractivity contribution in [3.05, 3.63) is 71.8 Å². The zero-order valence-corrected chi connectivity index (χ0v) is 10.8. The normalized spacial score (nSPS) is 16.3. The molecule has 2 aromatic carbocycles. The molecular formula is C16H14N2O2. The van der Waals surface area contributed by atoms with Gasteiger partial charge in [-0.1, -0.05) is 65.8 Å². The lowest BCUT2D eigenvalue weighted by Crippen LogP contribution is -2.31. The highest BCUT2D eigenvalue weighted by Crippen LogP contribution is 2.40. The van der Waals surface area contributed by atoms with E-state index in [4.69, 9.17) is 10.6 Å². The monoisotopic (exact) mass is 266 g/mol. The summed E-state index contributed by atoms with van der Waals surface area (Å²) in [4.78, 5) is 17.0. The summed E-state index contributed by atoms with van der Waals surface area (Å²) in [6, 6.07) is 19.5. The van der Waals surface area contributed by atoms with Crippen LogP contribution >= 0.6 is 0 Å². The Hall–Kier alpha value is -2.62. The third-order valence-electron chi connectivity index (χ3n) is 3.49. The summed E-state index contributed by atoms with van der Waals surface area (Å²) in [6.07, 6.45) is 0.344. The minimum Gasteiger partial charge on any atom is -0.379 e. The molecule has 0 bridgehead atoms. The van der Waals surface area contributed by atoms with E-state index in [9.17, 15) is 4.79 Å². The molecule has 0 aliphatic carbocycles. The van der Waals surface area contributed by atoms with Crippen molar-refractivity contribution in [3.8, 4) is 0 Å². The van der Waals surface area contributed by atoms with Gasteiger partial charge in [0.15, 0.2) is 5.60 Å². The third kappa shape index (κ3) is 1.95. The zero-order chi connectivity index (χ0) is 14.0. The Morgan fingerprint density at radius 1 is 1.00 bits per heavy atom. The van der Waals surface area contributed by atoms with Crippen molar-refractivity contribution in [1.29, 1.82) is 0 Å². The minimum atomic E-state index is -0.771. The summed E-state index contributed by atoms with van der Waals surface area (Å²) >= 11 is 0. The van der Waals surface area contributed by atoms with Gasteiger partial charge in [0.1, 0.15) is 5.71 Å². The highest BCUT2D eigenvalue weighted by Gasteiger charge is 2.44. The molecule has 4 heteroatoms. The number of hydrogen-bond donors (Lipinski definition) is 1.